The molecule has 1 aliphatic rings. The van der Waals surface area contributed by atoms with Gasteiger partial charge in [0, 0.05) is 48.5 Å². The van der Waals surface area contributed by atoms with Crippen molar-refractivity contribution in [3.8, 4) is 22.9 Å². The van der Waals surface area contributed by atoms with Crippen LogP contribution in [-0.4, -0.2) is 46.5 Å². The number of nitrogens with one attached hydrogen (secondary N) is 1. The molecule has 1 aromatic carbocycles. The predicted octanol–water partition coefficient (Wildman–Crippen LogP) is 3.74. The van der Waals surface area contributed by atoms with Crippen LogP contribution in [0.15, 0.2) is 55.0 Å². The van der Waals surface area contributed by atoms with Crippen molar-refractivity contribution in [2.24, 2.45) is 0 Å². The number of benzene rings is 1. The molecule has 2 N–H and O–H groups in total. The molecule has 4 rings (SSSR count). The van der Waals surface area contributed by atoms with Crippen molar-refractivity contribution in [2.45, 2.75) is 18.9 Å². The van der Waals surface area contributed by atoms with E-state index >= 15 is 0 Å². The molecule has 3 aromatic rings. The first kappa shape index (κ1) is 23.0. The lowest BCUT2D eigenvalue weighted by molar-refractivity contribution is -0.274. The number of hydrogen-bond donors (Lipinski definition) is 2. The highest BCUT2D eigenvalue weighted by Crippen LogP contribution is 2.32. The monoisotopic (exact) mass is 469 g/mol. The molecule has 1 amide bonds. The SMILES string of the molecule is N#Cc1cncc(-c2cc(C(=O)Nc3ccc(OC(F)(F)F)cc3)cnc2N2CCC(O)C2)c1. The summed E-state index contributed by atoms with van der Waals surface area (Å²) in [5.74, 6) is -0.397. The molecule has 0 spiro atoms. The Balaban J connectivity index is 1.62. The molecule has 0 bridgehead atoms. The van der Waals surface area contributed by atoms with E-state index in [1.807, 2.05) is 11.0 Å². The van der Waals surface area contributed by atoms with Gasteiger partial charge in [0.25, 0.3) is 5.91 Å². The fourth-order valence-corrected chi connectivity index (χ4v) is 3.57. The third-order valence-electron chi connectivity index (χ3n) is 5.12. The molecule has 2 aromatic heterocycles. The molecule has 1 saturated heterocycles. The summed E-state index contributed by atoms with van der Waals surface area (Å²) in [6.45, 7) is 0.952. The summed E-state index contributed by atoms with van der Waals surface area (Å²) >= 11 is 0. The number of ether oxygens (including phenoxy) is 1. The van der Waals surface area contributed by atoms with Gasteiger partial charge in [-0.3, -0.25) is 9.78 Å². The Morgan fingerprint density at radius 1 is 1.21 bits per heavy atom. The number of carbonyl (C=O) groups is 1. The number of alkyl halides is 3. The van der Waals surface area contributed by atoms with E-state index in [0.29, 0.717) is 42.0 Å². The quantitative estimate of drug-likeness (QED) is 0.586. The third-order valence-corrected chi connectivity index (χ3v) is 5.12. The fraction of sp³-hybridized carbons (Fsp3) is 0.217. The third kappa shape index (κ3) is 5.41. The van der Waals surface area contributed by atoms with Crippen LogP contribution >= 0.6 is 0 Å². The summed E-state index contributed by atoms with van der Waals surface area (Å²) in [4.78, 5) is 23.2. The van der Waals surface area contributed by atoms with Gasteiger partial charge < -0.3 is 20.1 Å². The summed E-state index contributed by atoms with van der Waals surface area (Å²) in [6.07, 6.45) is -0.383. The molecular formula is C23H18F3N5O3. The molecule has 0 aliphatic carbocycles. The van der Waals surface area contributed by atoms with Crippen molar-refractivity contribution in [3.05, 3.63) is 66.1 Å². The molecule has 8 nitrogen and oxygen atoms in total. The number of nitriles is 1. The van der Waals surface area contributed by atoms with E-state index in [1.54, 1.807) is 18.3 Å². The molecule has 3 heterocycles. The fourth-order valence-electron chi connectivity index (χ4n) is 3.57. The molecule has 1 fully saturated rings. The molecule has 174 valence electrons. The number of aliphatic hydroxyl groups is 1. The summed E-state index contributed by atoms with van der Waals surface area (Å²) in [6, 6.07) is 10.0. The first-order chi connectivity index (χ1) is 16.2. The van der Waals surface area contributed by atoms with Crippen molar-refractivity contribution in [1.29, 1.82) is 5.26 Å². The van der Waals surface area contributed by atoms with Crippen LogP contribution in [-0.2, 0) is 0 Å². The van der Waals surface area contributed by atoms with Crippen molar-refractivity contribution in [3.63, 3.8) is 0 Å². The Morgan fingerprint density at radius 2 is 1.97 bits per heavy atom. The molecule has 0 radical (unpaired) electrons. The molecule has 1 unspecified atom stereocenters. The van der Waals surface area contributed by atoms with Crippen LogP contribution in [0.1, 0.15) is 22.3 Å². The Labute approximate surface area is 192 Å². The number of halogens is 3. The van der Waals surface area contributed by atoms with Gasteiger partial charge in [-0.2, -0.15) is 5.26 Å². The van der Waals surface area contributed by atoms with E-state index in [2.05, 4.69) is 20.0 Å². The Kier molecular flexibility index (Phi) is 6.34. The normalized spacial score (nSPS) is 15.6. The largest absolute Gasteiger partial charge is 0.573 e. The van der Waals surface area contributed by atoms with Crippen LogP contribution in [0.25, 0.3) is 11.1 Å². The zero-order chi connectivity index (χ0) is 24.3. The van der Waals surface area contributed by atoms with Gasteiger partial charge in [0.2, 0.25) is 0 Å². The van der Waals surface area contributed by atoms with Crippen LogP contribution in [0.3, 0.4) is 0 Å². The molecule has 11 heteroatoms. The number of amides is 1. The number of rotatable bonds is 5. The Morgan fingerprint density at radius 3 is 2.62 bits per heavy atom. The Hall–Kier alpha value is -4.17. The second-order valence-electron chi connectivity index (χ2n) is 7.58. The number of aromatic nitrogens is 2. The number of nitrogens with zero attached hydrogens (tertiary/aromatic N) is 4. The van der Waals surface area contributed by atoms with Crippen LogP contribution in [0.5, 0.6) is 5.75 Å². The van der Waals surface area contributed by atoms with Crippen molar-refractivity contribution in [1.82, 2.24) is 9.97 Å². The van der Waals surface area contributed by atoms with Crippen LogP contribution in [0.4, 0.5) is 24.7 Å². The van der Waals surface area contributed by atoms with Gasteiger partial charge >= 0.3 is 6.36 Å². The first-order valence-corrected chi connectivity index (χ1v) is 10.2. The zero-order valence-corrected chi connectivity index (χ0v) is 17.6. The summed E-state index contributed by atoms with van der Waals surface area (Å²) in [7, 11) is 0. The Bertz CT molecular complexity index is 1240. The first-order valence-electron chi connectivity index (χ1n) is 10.2. The average Bonchev–Trinajstić information content (AvgIpc) is 3.25. The number of β-amino-alcohol motifs (C(OH)–C–C–N with tert-alkyl or cyclic N) is 1. The second-order valence-corrected chi connectivity index (χ2v) is 7.58. The summed E-state index contributed by atoms with van der Waals surface area (Å²) < 4.78 is 40.8. The lowest BCUT2D eigenvalue weighted by Gasteiger charge is -2.21. The van der Waals surface area contributed by atoms with Crippen LogP contribution < -0.4 is 15.0 Å². The lowest BCUT2D eigenvalue weighted by atomic mass is 10.0. The number of anilines is 2. The highest BCUT2D eigenvalue weighted by molar-refractivity contribution is 6.05. The van der Waals surface area contributed by atoms with Crippen molar-refractivity contribution in [2.75, 3.05) is 23.3 Å². The number of pyridine rings is 2. The minimum absolute atomic E-state index is 0.191. The smallest absolute Gasteiger partial charge is 0.406 e. The predicted molar refractivity (Wildman–Crippen MR) is 116 cm³/mol. The van der Waals surface area contributed by atoms with Crippen LogP contribution in [0.2, 0.25) is 0 Å². The van der Waals surface area contributed by atoms with Crippen molar-refractivity contribution >= 4 is 17.4 Å². The minimum Gasteiger partial charge on any atom is -0.406 e. The van der Waals surface area contributed by atoms with E-state index < -0.39 is 24.1 Å². The van der Waals surface area contributed by atoms with Crippen LogP contribution in [0, 0.1) is 11.3 Å². The van der Waals surface area contributed by atoms with Crippen molar-refractivity contribution < 1.29 is 27.8 Å². The standard InChI is InChI=1S/C23H18F3N5O3/c24-23(25,26)34-19-3-1-17(2-4-19)30-22(33)16-8-20(15-7-14(9-27)10-28-11-15)21(29-12-16)31-6-5-18(32)13-31/h1-4,7-8,10-12,18,32H,5-6,13H2,(H,30,33). The summed E-state index contributed by atoms with van der Waals surface area (Å²) in [5, 5.41) is 21.8. The maximum atomic E-state index is 12.8. The highest BCUT2D eigenvalue weighted by Gasteiger charge is 2.31. The van der Waals surface area contributed by atoms with Gasteiger partial charge in [0.1, 0.15) is 17.6 Å². The van der Waals surface area contributed by atoms with Gasteiger partial charge in [0.15, 0.2) is 0 Å². The van der Waals surface area contributed by atoms with E-state index in [-0.39, 0.29) is 11.3 Å². The number of hydrogen-bond acceptors (Lipinski definition) is 7. The maximum Gasteiger partial charge on any atom is 0.573 e. The number of carbonyl (C=O) groups excluding carboxylic acids is 1. The van der Waals surface area contributed by atoms with Gasteiger partial charge in [0.05, 0.1) is 17.2 Å². The van der Waals surface area contributed by atoms with E-state index in [9.17, 15) is 28.3 Å². The highest BCUT2D eigenvalue weighted by atomic mass is 19.4. The zero-order valence-electron chi connectivity index (χ0n) is 17.6. The van der Waals surface area contributed by atoms with E-state index in [4.69, 9.17) is 0 Å². The molecule has 1 aliphatic heterocycles. The second kappa shape index (κ2) is 9.36. The summed E-state index contributed by atoms with van der Waals surface area (Å²) in [5.41, 5.74) is 1.92. The van der Waals surface area contributed by atoms with Gasteiger partial charge in [-0.15, -0.1) is 13.2 Å². The van der Waals surface area contributed by atoms with Gasteiger partial charge in [-0.1, -0.05) is 0 Å². The minimum atomic E-state index is -4.81. The van der Waals surface area contributed by atoms with E-state index in [1.165, 1.54) is 24.5 Å². The lowest BCUT2D eigenvalue weighted by Crippen LogP contribution is -2.23. The average molecular weight is 469 g/mol. The van der Waals surface area contributed by atoms with E-state index in [0.717, 1.165) is 12.1 Å². The topological polar surface area (TPSA) is 111 Å². The molecule has 0 saturated carbocycles. The molecule has 1 atom stereocenters. The van der Waals surface area contributed by atoms with Gasteiger partial charge in [-0.05, 0) is 42.8 Å². The van der Waals surface area contributed by atoms with Gasteiger partial charge in [-0.25, -0.2) is 4.98 Å². The maximum absolute atomic E-state index is 12.8. The molecular weight excluding hydrogens is 451 g/mol. The molecule has 34 heavy (non-hydrogen) atoms. The number of aliphatic hydroxyl groups excluding tert-OH is 1.